The molecule has 0 aromatic rings. The van der Waals surface area contributed by atoms with E-state index in [0.717, 1.165) is 44.2 Å². The molecule has 0 radical (unpaired) electrons. The van der Waals surface area contributed by atoms with Gasteiger partial charge < -0.3 is 0 Å². The predicted octanol–water partition coefficient (Wildman–Crippen LogP) is 6.64. The van der Waals surface area contributed by atoms with Crippen molar-refractivity contribution in [2.45, 2.75) is 64.3 Å². The number of halogens is 3. The van der Waals surface area contributed by atoms with Gasteiger partial charge in [0.15, 0.2) is 0 Å². The molecule has 5 heteroatoms. The van der Waals surface area contributed by atoms with E-state index in [-0.39, 0.29) is 5.92 Å². The van der Waals surface area contributed by atoms with E-state index in [1.807, 2.05) is 0 Å². The number of hydrogen-bond donors (Lipinski definition) is 0. The molecular formula is C23H29F3NP. The second-order valence-corrected chi connectivity index (χ2v) is 8.97. The summed E-state index contributed by atoms with van der Waals surface area (Å²) >= 11 is 0. The quantitative estimate of drug-likeness (QED) is 0.281. The molecule has 1 heterocycles. The molecule has 1 aliphatic heterocycles. The van der Waals surface area contributed by atoms with Crippen LogP contribution in [0.1, 0.15) is 52.4 Å². The van der Waals surface area contributed by atoms with Crippen LogP contribution in [0.25, 0.3) is 0 Å². The van der Waals surface area contributed by atoms with E-state index in [0.29, 0.717) is 24.0 Å². The van der Waals surface area contributed by atoms with Crippen LogP contribution in [0.3, 0.4) is 0 Å². The molecule has 28 heavy (non-hydrogen) atoms. The van der Waals surface area contributed by atoms with Gasteiger partial charge in [-0.15, -0.1) is 14.6 Å². The average Bonchev–Trinajstić information content (AvgIpc) is 2.84. The zero-order valence-electron chi connectivity index (χ0n) is 16.7. The third kappa shape index (κ3) is 4.98. The summed E-state index contributed by atoms with van der Waals surface area (Å²) in [4.78, 5) is 2.42. The third-order valence-corrected chi connectivity index (χ3v) is 6.91. The van der Waals surface area contributed by atoms with Crippen LogP contribution in [-0.2, 0) is 0 Å². The van der Waals surface area contributed by atoms with Gasteiger partial charge in [0.1, 0.15) is 5.83 Å². The Balaban J connectivity index is 1.68. The van der Waals surface area contributed by atoms with Crippen molar-refractivity contribution in [2.75, 3.05) is 6.54 Å². The van der Waals surface area contributed by atoms with Crippen molar-refractivity contribution in [2.24, 2.45) is 11.8 Å². The lowest BCUT2D eigenvalue weighted by Gasteiger charge is -2.35. The molecule has 0 bridgehead atoms. The standard InChI is InChI=1S/C23H29F3NP/c1-15-5-4-6-18(11-15)16(2)27-10-9-19(22(27)28)12-17-7-8-20(23(3,25)26)14-21(24)13-17/h7,13-14,16,18-19,28H,1,4-6,9-12H2,2-3H3. The van der Waals surface area contributed by atoms with Crippen molar-refractivity contribution in [3.63, 3.8) is 0 Å². The number of hydrogen-bond acceptors (Lipinski definition) is 0. The maximum Gasteiger partial charge on any atom is 0.277 e. The number of rotatable bonds is 5. The highest BCUT2D eigenvalue weighted by Crippen LogP contribution is 2.36. The highest BCUT2D eigenvalue weighted by atomic mass is 31.0. The molecule has 152 valence electrons. The monoisotopic (exact) mass is 407 g/mol. The molecule has 2 fully saturated rings. The SMILES string of the molecule is C=C1CCCC(C(C)N2CCC(CC3=CC(F)=CC(C(C)(F)F)=C=C3)C2=P)C1. The van der Waals surface area contributed by atoms with Gasteiger partial charge >= 0.3 is 0 Å². The van der Waals surface area contributed by atoms with E-state index in [2.05, 4.69) is 33.0 Å². The minimum atomic E-state index is -3.10. The molecule has 1 saturated carbocycles. The Hall–Kier alpha value is -1.34. The summed E-state index contributed by atoms with van der Waals surface area (Å²) in [6.45, 7) is 8.16. The Morgan fingerprint density at radius 1 is 1.36 bits per heavy atom. The summed E-state index contributed by atoms with van der Waals surface area (Å²) < 4.78 is 41.1. The Labute approximate surface area is 168 Å². The van der Waals surface area contributed by atoms with Gasteiger partial charge in [-0.1, -0.05) is 12.2 Å². The zero-order chi connectivity index (χ0) is 20.5. The Morgan fingerprint density at radius 3 is 2.79 bits per heavy atom. The molecule has 2 aliphatic carbocycles. The Bertz CT molecular complexity index is 780. The molecule has 3 atom stereocenters. The van der Waals surface area contributed by atoms with Gasteiger partial charge in [0.25, 0.3) is 5.92 Å². The minimum Gasteiger partial charge on any atom is -0.272 e. The largest absolute Gasteiger partial charge is 0.277 e. The molecule has 0 aromatic carbocycles. The van der Waals surface area contributed by atoms with E-state index in [1.54, 1.807) is 0 Å². The maximum atomic E-state index is 14.1. The topological polar surface area (TPSA) is 3.24 Å². The van der Waals surface area contributed by atoms with Gasteiger partial charge in [0, 0.05) is 30.8 Å². The van der Waals surface area contributed by atoms with Crippen molar-refractivity contribution in [1.82, 2.24) is 4.90 Å². The lowest BCUT2D eigenvalue weighted by molar-refractivity contribution is 0.0675. The van der Waals surface area contributed by atoms with Crippen LogP contribution in [0.2, 0.25) is 0 Å². The molecule has 3 rings (SSSR count). The molecule has 0 spiro atoms. The predicted molar refractivity (Wildman–Crippen MR) is 113 cm³/mol. The average molecular weight is 407 g/mol. The van der Waals surface area contributed by atoms with Crippen LogP contribution in [0, 0.1) is 11.8 Å². The summed E-state index contributed by atoms with van der Waals surface area (Å²) in [6, 6.07) is 0.426. The fourth-order valence-electron chi connectivity index (χ4n) is 4.53. The minimum absolute atomic E-state index is 0.228. The molecule has 1 nitrogen and oxygen atoms in total. The first-order valence-electron chi connectivity index (χ1n) is 10.1. The van der Waals surface area contributed by atoms with Gasteiger partial charge in [-0.25, -0.2) is 13.2 Å². The molecule has 1 saturated heterocycles. The van der Waals surface area contributed by atoms with E-state index < -0.39 is 17.3 Å². The van der Waals surface area contributed by atoms with Crippen LogP contribution >= 0.6 is 8.86 Å². The lowest BCUT2D eigenvalue weighted by atomic mass is 9.81. The third-order valence-electron chi connectivity index (χ3n) is 6.22. The van der Waals surface area contributed by atoms with E-state index in [1.165, 1.54) is 30.6 Å². The lowest BCUT2D eigenvalue weighted by Crippen LogP contribution is -2.40. The Morgan fingerprint density at radius 2 is 2.11 bits per heavy atom. The van der Waals surface area contributed by atoms with E-state index >= 15 is 0 Å². The number of allylic oxidation sites excluding steroid dienone is 6. The summed E-state index contributed by atoms with van der Waals surface area (Å²) in [5.41, 5.74) is 5.34. The fraction of sp³-hybridized carbons (Fsp3) is 0.565. The van der Waals surface area contributed by atoms with Gasteiger partial charge in [-0.3, -0.25) is 4.90 Å². The highest BCUT2D eigenvalue weighted by molar-refractivity contribution is 7.21. The highest BCUT2D eigenvalue weighted by Gasteiger charge is 2.35. The molecule has 3 unspecified atom stereocenters. The molecule has 0 N–H and O–H groups in total. The van der Waals surface area contributed by atoms with Gasteiger partial charge in [-0.05, 0) is 75.2 Å². The summed E-state index contributed by atoms with van der Waals surface area (Å²) in [5.74, 6) is -2.91. The van der Waals surface area contributed by atoms with Crippen molar-refractivity contribution >= 4 is 14.3 Å². The van der Waals surface area contributed by atoms with Crippen LogP contribution in [0.4, 0.5) is 13.2 Å². The molecular weight excluding hydrogens is 378 g/mol. The summed E-state index contributed by atoms with van der Waals surface area (Å²) in [6.07, 6.45) is 9.97. The number of likely N-dealkylation sites (tertiary alicyclic amines) is 1. The molecule has 0 aromatic heterocycles. The second-order valence-electron chi connectivity index (χ2n) is 8.45. The van der Waals surface area contributed by atoms with Crippen molar-refractivity contribution in [3.05, 3.63) is 53.1 Å². The van der Waals surface area contributed by atoms with Crippen LogP contribution in [0.5, 0.6) is 0 Å². The first-order valence-corrected chi connectivity index (χ1v) is 10.6. The maximum absolute atomic E-state index is 14.1. The van der Waals surface area contributed by atoms with E-state index in [9.17, 15) is 13.2 Å². The first kappa shape index (κ1) is 21.4. The molecule has 3 aliphatic rings. The van der Waals surface area contributed by atoms with Crippen molar-refractivity contribution < 1.29 is 13.2 Å². The Kier molecular flexibility index (Phi) is 6.54. The molecule has 0 amide bonds. The van der Waals surface area contributed by atoms with Gasteiger partial charge in [0.2, 0.25) is 0 Å². The van der Waals surface area contributed by atoms with Crippen LogP contribution in [-0.4, -0.2) is 28.8 Å². The summed E-state index contributed by atoms with van der Waals surface area (Å²) in [7, 11) is 3.84. The second kappa shape index (κ2) is 8.57. The van der Waals surface area contributed by atoms with Gasteiger partial charge in [-0.2, -0.15) is 0 Å². The van der Waals surface area contributed by atoms with Crippen molar-refractivity contribution in [3.8, 4) is 0 Å². The number of nitrogens with zero attached hydrogens (tertiary/aromatic N) is 1. The fourth-order valence-corrected chi connectivity index (χ4v) is 5.09. The normalized spacial score (nSPS) is 28.0. The zero-order valence-corrected chi connectivity index (χ0v) is 17.7. The summed E-state index contributed by atoms with van der Waals surface area (Å²) in [5, 5.41) is 0. The van der Waals surface area contributed by atoms with Crippen LogP contribution in [0.15, 0.2) is 53.1 Å². The number of alkyl halides is 2. The first-order chi connectivity index (χ1) is 13.1. The smallest absolute Gasteiger partial charge is 0.272 e. The van der Waals surface area contributed by atoms with Crippen molar-refractivity contribution in [1.29, 1.82) is 0 Å². The van der Waals surface area contributed by atoms with E-state index in [4.69, 9.17) is 0 Å². The van der Waals surface area contributed by atoms with Gasteiger partial charge in [0.05, 0.1) is 5.57 Å². The van der Waals surface area contributed by atoms with Crippen LogP contribution < -0.4 is 0 Å².